The van der Waals surface area contributed by atoms with Crippen molar-refractivity contribution < 1.29 is 0 Å². The Labute approximate surface area is 58.6 Å². The topological polar surface area (TPSA) is 15.6 Å². The van der Waals surface area contributed by atoms with Crippen LogP contribution in [0.25, 0.3) is 0 Å². The van der Waals surface area contributed by atoms with Crippen LogP contribution in [0.5, 0.6) is 0 Å². The summed E-state index contributed by atoms with van der Waals surface area (Å²) in [6.07, 6.45) is 0. The van der Waals surface area contributed by atoms with Gasteiger partial charge in [0, 0.05) is 21.1 Å². The minimum absolute atomic E-state index is 1.06. The summed E-state index contributed by atoms with van der Waals surface area (Å²) in [4.78, 5) is 5.90. The first-order valence-corrected chi connectivity index (χ1v) is 3.29. The Kier molecular flexibility index (Phi) is 9.37. The summed E-state index contributed by atoms with van der Waals surface area (Å²) >= 11 is 0. The van der Waals surface area contributed by atoms with Gasteiger partial charge in [-0.3, -0.25) is 4.99 Å². The first kappa shape index (κ1) is 11.3. The maximum atomic E-state index is 3.93. The number of aliphatic imine (C=N–C) groups is 1. The fourth-order valence-corrected chi connectivity index (χ4v) is 0.200. The molecule has 0 saturated heterocycles. The van der Waals surface area contributed by atoms with Gasteiger partial charge in [0.05, 0.1) is 5.84 Å². The second-order valence-electron chi connectivity index (χ2n) is 1.67. The number of hydrogen-bond donors (Lipinski definition) is 0. The van der Waals surface area contributed by atoms with Crippen LogP contribution in [-0.4, -0.2) is 31.9 Å². The summed E-state index contributed by atoms with van der Waals surface area (Å²) in [5, 5.41) is 0. The van der Waals surface area contributed by atoms with E-state index in [0.29, 0.717) is 0 Å². The van der Waals surface area contributed by atoms with E-state index in [1.54, 1.807) is 7.05 Å². The third kappa shape index (κ3) is 7.47. The lowest BCUT2D eigenvalue weighted by molar-refractivity contribution is 0.617. The number of rotatable bonds is 0. The van der Waals surface area contributed by atoms with E-state index < -0.39 is 0 Å². The molecule has 0 rings (SSSR count). The number of nitrogens with zero attached hydrogens (tertiary/aromatic N) is 2. The molecular formula is C7H18N2. The monoisotopic (exact) mass is 130 g/mol. The van der Waals surface area contributed by atoms with Crippen molar-refractivity contribution in [1.82, 2.24) is 4.90 Å². The fourth-order valence-electron chi connectivity index (χ4n) is 0.200. The van der Waals surface area contributed by atoms with Crippen LogP contribution in [0.4, 0.5) is 0 Å². The van der Waals surface area contributed by atoms with Gasteiger partial charge in [-0.25, -0.2) is 0 Å². The average Bonchev–Trinajstić information content (AvgIpc) is 1.91. The lowest BCUT2D eigenvalue weighted by atomic mass is 10.6. The third-order valence-electron chi connectivity index (χ3n) is 0.971. The summed E-state index contributed by atoms with van der Waals surface area (Å²) in [5.41, 5.74) is 0. The molecule has 0 saturated carbocycles. The number of amidine groups is 1. The summed E-state index contributed by atoms with van der Waals surface area (Å²) in [6.45, 7) is 5.97. The molecule has 2 heteroatoms. The van der Waals surface area contributed by atoms with Gasteiger partial charge in [-0.2, -0.15) is 0 Å². The zero-order valence-corrected chi connectivity index (χ0v) is 7.39. The van der Waals surface area contributed by atoms with E-state index in [2.05, 4.69) is 4.99 Å². The Morgan fingerprint density at radius 2 is 1.56 bits per heavy atom. The zero-order valence-electron chi connectivity index (χ0n) is 7.39. The summed E-state index contributed by atoms with van der Waals surface area (Å²) in [6, 6.07) is 0. The van der Waals surface area contributed by atoms with Crippen molar-refractivity contribution in [2.45, 2.75) is 20.8 Å². The molecule has 0 radical (unpaired) electrons. The van der Waals surface area contributed by atoms with E-state index in [0.717, 1.165) is 5.84 Å². The van der Waals surface area contributed by atoms with E-state index in [-0.39, 0.29) is 0 Å². The number of hydrogen-bond acceptors (Lipinski definition) is 1. The first-order valence-electron chi connectivity index (χ1n) is 3.29. The van der Waals surface area contributed by atoms with Crippen molar-refractivity contribution in [3.63, 3.8) is 0 Å². The highest BCUT2D eigenvalue weighted by molar-refractivity contribution is 5.78. The van der Waals surface area contributed by atoms with Gasteiger partial charge >= 0.3 is 0 Å². The smallest absolute Gasteiger partial charge is 0.0948 e. The van der Waals surface area contributed by atoms with Crippen LogP contribution >= 0.6 is 0 Å². The lowest BCUT2D eigenvalue weighted by Gasteiger charge is -2.08. The van der Waals surface area contributed by atoms with E-state index in [9.17, 15) is 0 Å². The van der Waals surface area contributed by atoms with E-state index in [4.69, 9.17) is 0 Å². The highest BCUT2D eigenvalue weighted by Gasteiger charge is 1.85. The molecule has 0 amide bonds. The average molecular weight is 130 g/mol. The predicted molar refractivity (Wildman–Crippen MR) is 44.1 cm³/mol. The van der Waals surface area contributed by atoms with Crippen LogP contribution in [-0.2, 0) is 0 Å². The van der Waals surface area contributed by atoms with Crippen LogP contribution in [0.15, 0.2) is 4.99 Å². The Morgan fingerprint density at radius 3 is 1.56 bits per heavy atom. The molecule has 0 atom stereocenters. The van der Waals surface area contributed by atoms with Crippen LogP contribution in [0, 0.1) is 0 Å². The zero-order chi connectivity index (χ0) is 7.86. The van der Waals surface area contributed by atoms with E-state index in [1.165, 1.54) is 0 Å². The van der Waals surface area contributed by atoms with Crippen LogP contribution < -0.4 is 0 Å². The molecule has 0 aliphatic rings. The van der Waals surface area contributed by atoms with Crippen molar-refractivity contribution in [3.05, 3.63) is 0 Å². The quantitative estimate of drug-likeness (QED) is 0.359. The van der Waals surface area contributed by atoms with Crippen molar-refractivity contribution >= 4 is 5.84 Å². The Morgan fingerprint density at radius 1 is 1.22 bits per heavy atom. The normalized spacial score (nSPS) is 9.78. The molecule has 9 heavy (non-hydrogen) atoms. The fraction of sp³-hybridized carbons (Fsp3) is 0.857. The molecular weight excluding hydrogens is 112 g/mol. The molecule has 0 aliphatic heterocycles. The molecule has 0 aliphatic carbocycles. The molecule has 0 aromatic rings. The lowest BCUT2D eigenvalue weighted by Crippen LogP contribution is -2.17. The second-order valence-corrected chi connectivity index (χ2v) is 1.67. The molecule has 0 aromatic carbocycles. The van der Waals surface area contributed by atoms with Crippen molar-refractivity contribution in [2.24, 2.45) is 4.99 Å². The summed E-state index contributed by atoms with van der Waals surface area (Å²) in [7, 11) is 5.74. The molecule has 0 N–H and O–H groups in total. The Balaban J connectivity index is 0. The van der Waals surface area contributed by atoms with Gasteiger partial charge in [-0.05, 0) is 6.92 Å². The molecule has 0 unspecified atom stereocenters. The van der Waals surface area contributed by atoms with Crippen molar-refractivity contribution in [1.29, 1.82) is 0 Å². The SMILES string of the molecule is CC.CN=C(C)N(C)C. The van der Waals surface area contributed by atoms with Gasteiger partial charge in [-0.1, -0.05) is 13.8 Å². The van der Waals surface area contributed by atoms with Gasteiger partial charge in [0.25, 0.3) is 0 Å². The van der Waals surface area contributed by atoms with Crippen molar-refractivity contribution in [3.8, 4) is 0 Å². The Bertz CT molecular complexity index is 75.0. The third-order valence-corrected chi connectivity index (χ3v) is 0.971. The molecule has 2 nitrogen and oxygen atoms in total. The van der Waals surface area contributed by atoms with Gasteiger partial charge in [-0.15, -0.1) is 0 Å². The molecule has 0 fully saturated rings. The molecule has 56 valence electrons. The van der Waals surface area contributed by atoms with Crippen LogP contribution in [0.2, 0.25) is 0 Å². The first-order chi connectivity index (χ1) is 4.18. The highest BCUT2D eigenvalue weighted by atomic mass is 15.1. The molecule has 0 bridgehead atoms. The minimum atomic E-state index is 1.06. The molecule has 0 aromatic heterocycles. The summed E-state index contributed by atoms with van der Waals surface area (Å²) in [5.74, 6) is 1.06. The largest absolute Gasteiger partial charge is 0.367 e. The maximum Gasteiger partial charge on any atom is 0.0948 e. The standard InChI is InChI=1S/C5H12N2.C2H6/c1-5(6-2)7(3)4;1-2/h1-4H3;1-2H3. The summed E-state index contributed by atoms with van der Waals surface area (Å²) < 4.78 is 0. The molecule has 0 spiro atoms. The maximum absolute atomic E-state index is 3.93. The van der Waals surface area contributed by atoms with Gasteiger partial charge in [0.1, 0.15) is 0 Å². The van der Waals surface area contributed by atoms with Crippen LogP contribution in [0.1, 0.15) is 20.8 Å². The van der Waals surface area contributed by atoms with E-state index in [1.807, 2.05) is 39.8 Å². The van der Waals surface area contributed by atoms with Crippen molar-refractivity contribution in [2.75, 3.05) is 21.1 Å². The van der Waals surface area contributed by atoms with Gasteiger partial charge in [0.2, 0.25) is 0 Å². The Hall–Kier alpha value is -0.530. The minimum Gasteiger partial charge on any atom is -0.367 e. The van der Waals surface area contributed by atoms with Crippen LogP contribution in [0.3, 0.4) is 0 Å². The second kappa shape index (κ2) is 7.47. The van der Waals surface area contributed by atoms with Gasteiger partial charge in [0.15, 0.2) is 0 Å². The molecule has 0 heterocycles. The highest BCUT2D eigenvalue weighted by Crippen LogP contribution is 1.76. The van der Waals surface area contributed by atoms with Gasteiger partial charge < -0.3 is 4.90 Å². The predicted octanol–water partition coefficient (Wildman–Crippen LogP) is 1.62. The van der Waals surface area contributed by atoms with E-state index >= 15 is 0 Å².